The summed E-state index contributed by atoms with van der Waals surface area (Å²) in [5.74, 6) is 0. The molecule has 2 atom stereocenters. The lowest BCUT2D eigenvalue weighted by molar-refractivity contribution is -0.124. The average Bonchev–Trinajstić information content (AvgIpc) is 2.80. The van der Waals surface area contributed by atoms with Crippen molar-refractivity contribution in [2.45, 2.75) is 161 Å². The lowest BCUT2D eigenvalue weighted by atomic mass is 10.0. The van der Waals surface area contributed by atoms with Gasteiger partial charge in [-0.1, -0.05) is 124 Å². The fourth-order valence-corrected chi connectivity index (χ4v) is 5.55. The van der Waals surface area contributed by atoms with Gasteiger partial charge < -0.3 is 18.6 Å². The quantitative estimate of drug-likeness (QED) is 0.0483. The molecule has 6 heteroatoms. The zero-order valence-corrected chi connectivity index (χ0v) is 28.6. The molecule has 4 nitrogen and oxygen atoms in total. The van der Waals surface area contributed by atoms with Crippen LogP contribution in [0, 0.1) is 0 Å². The van der Waals surface area contributed by atoms with Crippen LogP contribution >= 0.6 is 0 Å². The Morgan fingerprint density at radius 2 is 1.30 bits per heavy atom. The predicted molar refractivity (Wildman–Crippen MR) is 168 cm³/mol. The van der Waals surface area contributed by atoms with Crippen LogP contribution in [-0.4, -0.2) is 55.2 Å². The summed E-state index contributed by atoms with van der Waals surface area (Å²) in [5.41, 5.74) is 0. The number of rotatable bonds is 25. The SMILES string of the molecule is C=CC(CCCCCCCCCCCCC)OCC(CO[Si](C)(C)C(C)(C)C)OCOCC[Si](C)(C)C. The van der Waals surface area contributed by atoms with E-state index in [-0.39, 0.29) is 17.2 Å². The summed E-state index contributed by atoms with van der Waals surface area (Å²) >= 11 is 0. The zero-order valence-electron chi connectivity index (χ0n) is 26.6. The third-order valence-electron chi connectivity index (χ3n) is 7.67. The van der Waals surface area contributed by atoms with Crippen LogP contribution in [0.1, 0.15) is 105 Å². The smallest absolute Gasteiger partial charge is 0.192 e. The summed E-state index contributed by atoms with van der Waals surface area (Å²) in [6.07, 6.45) is 17.9. The van der Waals surface area contributed by atoms with E-state index in [0.29, 0.717) is 20.0 Å². The Balaban J connectivity index is 4.37. The van der Waals surface area contributed by atoms with Crippen molar-refractivity contribution in [3.8, 4) is 0 Å². The molecule has 222 valence electrons. The molecule has 0 aromatic carbocycles. The van der Waals surface area contributed by atoms with Gasteiger partial charge in [0.05, 0.1) is 19.3 Å². The van der Waals surface area contributed by atoms with E-state index in [1.165, 1.54) is 70.6 Å². The summed E-state index contributed by atoms with van der Waals surface area (Å²) in [5, 5.41) is 0.172. The molecule has 0 fully saturated rings. The maximum absolute atomic E-state index is 6.47. The van der Waals surface area contributed by atoms with Gasteiger partial charge in [-0.05, 0) is 30.6 Å². The van der Waals surface area contributed by atoms with Crippen molar-refractivity contribution in [1.29, 1.82) is 0 Å². The molecular weight excluding hydrogens is 493 g/mol. The van der Waals surface area contributed by atoms with Gasteiger partial charge in [0.15, 0.2) is 8.32 Å². The van der Waals surface area contributed by atoms with Crippen molar-refractivity contribution in [3.05, 3.63) is 12.7 Å². The van der Waals surface area contributed by atoms with E-state index in [1.807, 2.05) is 6.08 Å². The molecule has 0 aliphatic carbocycles. The van der Waals surface area contributed by atoms with Crippen LogP contribution in [0.2, 0.25) is 43.8 Å². The minimum atomic E-state index is -1.85. The molecule has 0 rings (SSSR count). The van der Waals surface area contributed by atoms with E-state index in [1.54, 1.807) is 0 Å². The fraction of sp³-hybridized carbons (Fsp3) is 0.935. The van der Waals surface area contributed by atoms with E-state index in [4.69, 9.17) is 18.6 Å². The van der Waals surface area contributed by atoms with Gasteiger partial charge in [-0.15, -0.1) is 6.58 Å². The van der Waals surface area contributed by atoms with Gasteiger partial charge in [0.25, 0.3) is 0 Å². The molecule has 0 saturated carbocycles. The van der Waals surface area contributed by atoms with Gasteiger partial charge in [0.1, 0.15) is 12.9 Å². The van der Waals surface area contributed by atoms with Crippen LogP contribution in [-0.2, 0) is 18.6 Å². The highest BCUT2D eigenvalue weighted by Gasteiger charge is 2.37. The molecule has 0 radical (unpaired) electrons. The molecule has 0 heterocycles. The molecule has 0 bridgehead atoms. The average molecular weight is 559 g/mol. The Hall–Kier alpha value is 0.0138. The first kappa shape index (κ1) is 37.0. The second-order valence-corrected chi connectivity index (χ2v) is 24.1. The highest BCUT2D eigenvalue weighted by molar-refractivity contribution is 6.76. The maximum atomic E-state index is 6.47. The summed E-state index contributed by atoms with van der Waals surface area (Å²) in [6, 6.07) is 1.15. The molecule has 0 amide bonds. The van der Waals surface area contributed by atoms with E-state index >= 15 is 0 Å². The highest BCUT2D eigenvalue weighted by atomic mass is 28.4. The van der Waals surface area contributed by atoms with Gasteiger partial charge in [-0.2, -0.15) is 0 Å². The van der Waals surface area contributed by atoms with Gasteiger partial charge in [-0.25, -0.2) is 0 Å². The third-order valence-corrected chi connectivity index (χ3v) is 13.9. The summed E-state index contributed by atoms with van der Waals surface area (Å²) in [7, 11) is -2.95. The van der Waals surface area contributed by atoms with Crippen molar-refractivity contribution < 1.29 is 18.6 Å². The fourth-order valence-electron chi connectivity index (χ4n) is 3.75. The minimum Gasteiger partial charge on any atom is -0.414 e. The Labute approximate surface area is 234 Å². The van der Waals surface area contributed by atoms with Gasteiger partial charge in [0, 0.05) is 14.7 Å². The molecule has 0 aromatic heterocycles. The molecule has 37 heavy (non-hydrogen) atoms. The standard InChI is InChI=1S/C31H66O4Si2/c1-11-13-14-15-16-17-18-19-20-21-22-23-29(12-2)33-26-30(27-35-37(9,10)31(3,4)5)34-28-32-24-25-36(6,7)8/h12,29-30H,2,11,13-28H2,1,3-10H3. The lowest BCUT2D eigenvalue weighted by Crippen LogP contribution is -2.44. The van der Waals surface area contributed by atoms with Crippen LogP contribution in [0.25, 0.3) is 0 Å². The van der Waals surface area contributed by atoms with E-state index in [0.717, 1.165) is 19.1 Å². The normalized spacial score (nSPS) is 14.6. The van der Waals surface area contributed by atoms with Gasteiger partial charge in [0.2, 0.25) is 0 Å². The number of ether oxygens (including phenoxy) is 3. The Bertz CT molecular complexity index is 540. The molecule has 2 unspecified atom stereocenters. The van der Waals surface area contributed by atoms with E-state index in [9.17, 15) is 0 Å². The summed E-state index contributed by atoms with van der Waals surface area (Å²) in [4.78, 5) is 0. The predicted octanol–water partition coefficient (Wildman–Crippen LogP) is 9.98. The van der Waals surface area contributed by atoms with Crippen LogP contribution < -0.4 is 0 Å². The first-order chi connectivity index (χ1) is 17.3. The second kappa shape index (κ2) is 20.9. The van der Waals surface area contributed by atoms with Crippen molar-refractivity contribution in [2.75, 3.05) is 26.6 Å². The monoisotopic (exact) mass is 558 g/mol. The molecule has 0 aliphatic rings. The number of hydrogen-bond acceptors (Lipinski definition) is 4. The molecule has 0 aliphatic heterocycles. The lowest BCUT2D eigenvalue weighted by Gasteiger charge is -2.37. The van der Waals surface area contributed by atoms with E-state index < -0.39 is 16.4 Å². The third kappa shape index (κ3) is 21.5. The highest BCUT2D eigenvalue weighted by Crippen LogP contribution is 2.36. The van der Waals surface area contributed by atoms with Crippen LogP contribution in [0.4, 0.5) is 0 Å². The molecule has 0 N–H and O–H groups in total. The van der Waals surface area contributed by atoms with Gasteiger partial charge >= 0.3 is 0 Å². The Kier molecular flexibility index (Phi) is 20.9. The van der Waals surface area contributed by atoms with Crippen molar-refractivity contribution in [2.24, 2.45) is 0 Å². The zero-order chi connectivity index (χ0) is 28.2. The molecular formula is C31H66O4Si2. The second-order valence-electron chi connectivity index (χ2n) is 13.6. The molecule has 0 aromatic rings. The summed E-state index contributed by atoms with van der Waals surface area (Å²) in [6.45, 7) is 26.9. The minimum absolute atomic E-state index is 0.0744. The number of hydrogen-bond donors (Lipinski definition) is 0. The summed E-state index contributed by atoms with van der Waals surface area (Å²) < 4.78 is 24.6. The molecule has 0 saturated heterocycles. The van der Waals surface area contributed by atoms with Crippen molar-refractivity contribution in [3.63, 3.8) is 0 Å². The van der Waals surface area contributed by atoms with Gasteiger partial charge in [-0.3, -0.25) is 0 Å². The first-order valence-electron chi connectivity index (χ1n) is 15.4. The molecule has 0 spiro atoms. The van der Waals surface area contributed by atoms with Crippen LogP contribution in [0.3, 0.4) is 0 Å². The van der Waals surface area contributed by atoms with Crippen molar-refractivity contribution in [1.82, 2.24) is 0 Å². The maximum Gasteiger partial charge on any atom is 0.192 e. The Morgan fingerprint density at radius 3 is 1.78 bits per heavy atom. The van der Waals surface area contributed by atoms with Crippen LogP contribution in [0.15, 0.2) is 12.7 Å². The largest absolute Gasteiger partial charge is 0.414 e. The Morgan fingerprint density at radius 1 is 0.757 bits per heavy atom. The number of unbranched alkanes of at least 4 members (excludes halogenated alkanes) is 10. The van der Waals surface area contributed by atoms with E-state index in [2.05, 4.69) is 67.0 Å². The van der Waals surface area contributed by atoms with Crippen molar-refractivity contribution >= 4 is 16.4 Å². The first-order valence-corrected chi connectivity index (χ1v) is 22.0. The topological polar surface area (TPSA) is 36.9 Å². The van der Waals surface area contributed by atoms with Crippen LogP contribution in [0.5, 0.6) is 0 Å².